The van der Waals surface area contributed by atoms with E-state index in [4.69, 9.17) is 5.73 Å². The molecule has 0 atom stereocenters. The molecule has 1 aromatic rings. The topological polar surface area (TPSA) is 47.0 Å². The molecule has 0 aliphatic heterocycles. The Morgan fingerprint density at radius 1 is 1.58 bits per heavy atom. The fourth-order valence-corrected chi connectivity index (χ4v) is 1.67. The van der Waals surface area contributed by atoms with Gasteiger partial charge in [-0.3, -0.25) is 4.79 Å². The maximum absolute atomic E-state index is 10.8. The predicted molar refractivity (Wildman–Crippen MR) is 48.0 cm³/mol. The van der Waals surface area contributed by atoms with Crippen LogP contribution in [-0.4, -0.2) is 5.91 Å². The molecule has 0 aliphatic carbocycles. The van der Waals surface area contributed by atoms with E-state index < -0.39 is 0 Å². The molecule has 0 bridgehead atoms. The molecule has 2 N–H and O–H groups in total. The number of hydrogen-bond donors (Lipinski definition) is 1. The first-order valence-electron chi connectivity index (χ1n) is 3.71. The van der Waals surface area contributed by atoms with E-state index in [1.54, 1.807) is 6.20 Å². The molecule has 12 heavy (non-hydrogen) atoms. The number of aromatic nitrogens is 1. The highest BCUT2D eigenvalue weighted by atomic mass is 32.1. The number of rotatable bonds is 1. The van der Waals surface area contributed by atoms with Gasteiger partial charge < -0.3 is 5.73 Å². The van der Waals surface area contributed by atoms with E-state index in [1.807, 2.05) is 10.1 Å². The average Bonchev–Trinajstić information content (AvgIpc) is 2.30. The van der Waals surface area contributed by atoms with Crippen LogP contribution in [0.25, 0.3) is 0 Å². The van der Waals surface area contributed by atoms with E-state index >= 15 is 0 Å². The summed E-state index contributed by atoms with van der Waals surface area (Å²) < 4.78 is 1.98. The Hall–Kier alpha value is -0.900. The minimum Gasteiger partial charge on any atom is -0.365 e. The fraction of sp³-hybridized carbons (Fsp3) is 0.500. The van der Waals surface area contributed by atoms with E-state index in [1.165, 1.54) is 11.3 Å². The third-order valence-corrected chi connectivity index (χ3v) is 2.46. The Bertz CT molecular complexity index is 298. The van der Waals surface area contributed by atoms with Gasteiger partial charge in [0.2, 0.25) is 5.51 Å². The van der Waals surface area contributed by atoms with Gasteiger partial charge in [0, 0.05) is 20.8 Å². The zero-order valence-electron chi connectivity index (χ0n) is 7.50. The summed E-state index contributed by atoms with van der Waals surface area (Å²) in [6, 6.07) is 0. The van der Waals surface area contributed by atoms with Gasteiger partial charge in [-0.2, -0.15) is 4.57 Å². The van der Waals surface area contributed by atoms with Gasteiger partial charge in [-0.05, 0) is 0 Å². The highest BCUT2D eigenvalue weighted by Crippen LogP contribution is 2.09. The van der Waals surface area contributed by atoms with Crippen LogP contribution in [0.4, 0.5) is 0 Å². The Kier molecular flexibility index (Phi) is 2.19. The first-order chi connectivity index (χ1) is 5.41. The van der Waals surface area contributed by atoms with Crippen LogP contribution in [0.5, 0.6) is 0 Å². The predicted octanol–water partition coefficient (Wildman–Crippen LogP) is 0.890. The van der Waals surface area contributed by atoms with Crippen molar-refractivity contribution in [1.82, 2.24) is 0 Å². The van der Waals surface area contributed by atoms with Crippen molar-refractivity contribution in [3.63, 3.8) is 0 Å². The summed E-state index contributed by atoms with van der Waals surface area (Å²) in [7, 11) is 0. The van der Waals surface area contributed by atoms with Crippen molar-refractivity contribution in [1.29, 1.82) is 0 Å². The van der Waals surface area contributed by atoms with Gasteiger partial charge >= 0.3 is 0 Å². The first kappa shape index (κ1) is 9.19. The van der Waals surface area contributed by atoms with Crippen LogP contribution in [-0.2, 0) is 5.54 Å². The Labute approximate surface area is 75.8 Å². The third-order valence-electron chi connectivity index (χ3n) is 1.57. The summed E-state index contributed by atoms with van der Waals surface area (Å²) in [5, 5.41) is 0. The smallest absolute Gasteiger partial charge is 0.265 e. The second kappa shape index (κ2) is 2.86. The van der Waals surface area contributed by atoms with Crippen molar-refractivity contribution in [2.45, 2.75) is 26.3 Å². The van der Waals surface area contributed by atoms with Crippen LogP contribution >= 0.6 is 11.3 Å². The van der Waals surface area contributed by atoms with Crippen molar-refractivity contribution in [2.75, 3.05) is 0 Å². The normalized spacial score (nSPS) is 11.6. The van der Waals surface area contributed by atoms with Gasteiger partial charge in [0.1, 0.15) is 0 Å². The van der Waals surface area contributed by atoms with E-state index in [9.17, 15) is 4.79 Å². The van der Waals surface area contributed by atoms with Crippen molar-refractivity contribution >= 4 is 17.2 Å². The molecule has 0 radical (unpaired) electrons. The molecular formula is C8H13N2OS+. The number of hydrogen-bond acceptors (Lipinski definition) is 2. The van der Waals surface area contributed by atoms with Crippen LogP contribution in [0.2, 0.25) is 0 Å². The lowest BCUT2D eigenvalue weighted by Crippen LogP contribution is -2.48. The number of thiazole rings is 1. The lowest BCUT2D eigenvalue weighted by Gasteiger charge is -2.08. The Morgan fingerprint density at radius 2 is 2.17 bits per heavy atom. The second-order valence-electron chi connectivity index (χ2n) is 3.66. The largest absolute Gasteiger partial charge is 0.365 e. The maximum Gasteiger partial charge on any atom is 0.265 e. The van der Waals surface area contributed by atoms with Gasteiger partial charge in [0.15, 0.2) is 16.6 Å². The molecule has 1 aromatic heterocycles. The second-order valence-corrected chi connectivity index (χ2v) is 4.55. The highest BCUT2D eigenvalue weighted by Gasteiger charge is 2.24. The molecule has 0 fully saturated rings. The third kappa shape index (κ3) is 1.82. The standard InChI is InChI=1S/C8H12N2OS/c1-8(2,3)10-4-6(7(9)11)12-5-10/h4-5H,1-3H3,(H-,9,11)/p+1. The van der Waals surface area contributed by atoms with Crippen molar-refractivity contribution < 1.29 is 9.36 Å². The summed E-state index contributed by atoms with van der Waals surface area (Å²) in [6.45, 7) is 6.22. The summed E-state index contributed by atoms with van der Waals surface area (Å²) in [4.78, 5) is 11.4. The number of carbonyl (C=O) groups is 1. The molecule has 4 heteroatoms. The Balaban J connectivity index is 3.00. The molecule has 0 aromatic carbocycles. The summed E-state index contributed by atoms with van der Waals surface area (Å²) >= 11 is 1.37. The van der Waals surface area contributed by atoms with Gasteiger partial charge in [0.25, 0.3) is 5.91 Å². The molecule has 3 nitrogen and oxygen atoms in total. The van der Waals surface area contributed by atoms with Crippen molar-refractivity contribution in [3.8, 4) is 0 Å². The van der Waals surface area contributed by atoms with Crippen LogP contribution in [0.15, 0.2) is 11.7 Å². The molecule has 66 valence electrons. The highest BCUT2D eigenvalue weighted by molar-refractivity contribution is 7.11. The molecule has 0 aliphatic rings. The lowest BCUT2D eigenvalue weighted by atomic mass is 10.1. The molecule has 0 spiro atoms. The molecule has 0 saturated carbocycles. The van der Waals surface area contributed by atoms with Crippen LogP contribution in [0.1, 0.15) is 30.4 Å². The molecule has 1 amide bonds. The molecular weight excluding hydrogens is 172 g/mol. The average molecular weight is 185 g/mol. The van der Waals surface area contributed by atoms with Crippen LogP contribution in [0.3, 0.4) is 0 Å². The van der Waals surface area contributed by atoms with Crippen molar-refractivity contribution in [3.05, 3.63) is 16.6 Å². The van der Waals surface area contributed by atoms with Gasteiger partial charge in [-0.25, -0.2) is 0 Å². The van der Waals surface area contributed by atoms with Gasteiger partial charge in [0.05, 0.1) is 0 Å². The number of carbonyl (C=O) groups excluding carboxylic acids is 1. The fourth-order valence-electron chi connectivity index (χ4n) is 0.774. The van der Waals surface area contributed by atoms with Crippen LogP contribution in [0, 0.1) is 0 Å². The number of primary amides is 1. The van der Waals surface area contributed by atoms with Crippen molar-refractivity contribution in [2.24, 2.45) is 5.73 Å². The Morgan fingerprint density at radius 3 is 2.42 bits per heavy atom. The zero-order chi connectivity index (χ0) is 9.35. The molecule has 0 saturated heterocycles. The maximum atomic E-state index is 10.8. The van der Waals surface area contributed by atoms with E-state index in [0.29, 0.717) is 4.88 Å². The molecule has 1 rings (SSSR count). The van der Waals surface area contributed by atoms with E-state index in [0.717, 1.165) is 0 Å². The number of nitrogens with two attached hydrogens (primary N) is 1. The van der Waals surface area contributed by atoms with E-state index in [2.05, 4.69) is 20.8 Å². The quantitative estimate of drug-likeness (QED) is 0.649. The SMILES string of the molecule is CC(C)(C)[n+]1csc(C(N)=O)c1. The molecule has 1 heterocycles. The minimum atomic E-state index is -0.358. The van der Waals surface area contributed by atoms with Gasteiger partial charge in [-0.15, -0.1) is 0 Å². The number of nitrogens with zero attached hydrogens (tertiary/aromatic N) is 1. The first-order valence-corrected chi connectivity index (χ1v) is 4.59. The van der Waals surface area contributed by atoms with Gasteiger partial charge in [-0.1, -0.05) is 11.3 Å². The zero-order valence-corrected chi connectivity index (χ0v) is 8.31. The molecule has 0 unspecified atom stereocenters. The monoisotopic (exact) mass is 185 g/mol. The lowest BCUT2D eigenvalue weighted by molar-refractivity contribution is -0.749. The van der Waals surface area contributed by atoms with Crippen LogP contribution < -0.4 is 10.3 Å². The summed E-state index contributed by atoms with van der Waals surface area (Å²) in [5.74, 6) is -0.358. The summed E-state index contributed by atoms with van der Waals surface area (Å²) in [5.41, 5.74) is 7.05. The summed E-state index contributed by atoms with van der Waals surface area (Å²) in [6.07, 6.45) is 1.78. The van der Waals surface area contributed by atoms with E-state index in [-0.39, 0.29) is 11.4 Å². The minimum absolute atomic E-state index is 0.0181. The number of amides is 1.